The number of hydrogen-bond acceptors (Lipinski definition) is 0. The Morgan fingerprint density at radius 3 is 1.26 bits per heavy atom. The quantitative estimate of drug-likeness (QED) is 0.241. The molecule has 0 aliphatic heterocycles. The lowest BCUT2D eigenvalue weighted by atomic mass is 9.79. The summed E-state index contributed by atoms with van der Waals surface area (Å²) < 4.78 is 0. The zero-order valence-corrected chi connectivity index (χ0v) is 24.3. The second-order valence-electron chi connectivity index (χ2n) is 12.6. The van der Waals surface area contributed by atoms with Gasteiger partial charge in [-0.25, -0.2) is 0 Å². The van der Waals surface area contributed by atoms with Crippen LogP contribution in [0.2, 0.25) is 0 Å². The van der Waals surface area contributed by atoms with Crippen molar-refractivity contribution in [2.24, 2.45) is 0 Å². The Morgan fingerprint density at radius 2 is 0.810 bits per heavy atom. The van der Waals surface area contributed by atoms with Crippen LogP contribution in [0.15, 0.2) is 120 Å². The molecule has 0 nitrogen and oxygen atoms in total. The van der Waals surface area contributed by atoms with Crippen molar-refractivity contribution in [3.05, 3.63) is 165 Å². The van der Waals surface area contributed by atoms with Crippen LogP contribution < -0.4 is 0 Å². The molecule has 0 spiro atoms. The van der Waals surface area contributed by atoms with E-state index in [1.165, 1.54) is 71.9 Å². The molecule has 0 bridgehead atoms. The molecule has 42 heavy (non-hydrogen) atoms. The van der Waals surface area contributed by atoms with E-state index in [0.29, 0.717) is 23.7 Å². The summed E-state index contributed by atoms with van der Waals surface area (Å²) in [6.07, 6.45) is 21.7. The number of hydrogen-bond donors (Lipinski definition) is 0. The van der Waals surface area contributed by atoms with Gasteiger partial charge in [0.05, 0.1) is 0 Å². The Hall–Kier alpha value is -4.16. The highest BCUT2D eigenvalue weighted by Crippen LogP contribution is 2.50. The molecular formula is C42H38. The Labute approximate surface area is 250 Å². The first-order valence-electron chi connectivity index (χ1n) is 15.9. The largest absolute Gasteiger partial charge is 0.0764 e. The van der Waals surface area contributed by atoms with Gasteiger partial charge < -0.3 is 0 Å². The van der Waals surface area contributed by atoms with Crippen LogP contribution >= 0.6 is 0 Å². The molecule has 0 heterocycles. The fraction of sp³-hybridized carbons (Fsp3) is 0.238. The minimum Gasteiger partial charge on any atom is -0.0764 e. The van der Waals surface area contributed by atoms with E-state index >= 15 is 0 Å². The third kappa shape index (κ3) is 4.64. The molecule has 0 N–H and O–H groups in total. The van der Waals surface area contributed by atoms with Crippen molar-refractivity contribution in [3.8, 4) is 0 Å². The molecule has 4 unspecified atom stereocenters. The summed E-state index contributed by atoms with van der Waals surface area (Å²) in [5.41, 5.74) is 15.2. The van der Waals surface area contributed by atoms with Crippen molar-refractivity contribution in [1.82, 2.24) is 0 Å². The lowest BCUT2D eigenvalue weighted by Crippen LogP contribution is -2.09. The van der Waals surface area contributed by atoms with E-state index in [-0.39, 0.29) is 0 Å². The maximum absolute atomic E-state index is 2.46. The highest BCUT2D eigenvalue weighted by Gasteiger charge is 2.32. The van der Waals surface area contributed by atoms with Crippen LogP contribution in [0.4, 0.5) is 0 Å². The molecule has 1 fully saturated rings. The summed E-state index contributed by atoms with van der Waals surface area (Å²) in [5, 5.41) is 0. The van der Waals surface area contributed by atoms with E-state index in [9.17, 15) is 0 Å². The van der Waals surface area contributed by atoms with Crippen LogP contribution in [0.1, 0.15) is 107 Å². The molecule has 0 saturated heterocycles. The van der Waals surface area contributed by atoms with Crippen LogP contribution in [0.5, 0.6) is 0 Å². The molecular weight excluding hydrogens is 504 g/mol. The van der Waals surface area contributed by atoms with Crippen LogP contribution in [0.25, 0.3) is 24.3 Å². The second kappa shape index (κ2) is 10.9. The molecule has 0 radical (unpaired) electrons. The minimum absolute atomic E-state index is 0.604. The highest BCUT2D eigenvalue weighted by molar-refractivity contribution is 5.69. The summed E-state index contributed by atoms with van der Waals surface area (Å²) in [6.45, 7) is 0. The lowest BCUT2D eigenvalue weighted by molar-refractivity contribution is 0.562. The van der Waals surface area contributed by atoms with Gasteiger partial charge in [0, 0.05) is 23.7 Å². The molecule has 5 aliphatic carbocycles. The lowest BCUT2D eigenvalue weighted by Gasteiger charge is -2.25. The Balaban J connectivity index is 0.000000128. The Bertz CT molecular complexity index is 1630. The molecule has 1 saturated carbocycles. The first-order valence-corrected chi connectivity index (χ1v) is 15.9. The average molecular weight is 543 g/mol. The molecule has 5 aliphatic rings. The molecule has 4 aromatic rings. The first kappa shape index (κ1) is 25.5. The van der Waals surface area contributed by atoms with Crippen molar-refractivity contribution in [3.63, 3.8) is 0 Å². The summed E-state index contributed by atoms with van der Waals surface area (Å²) in [7, 11) is 0. The molecule has 9 rings (SSSR count). The molecule has 0 amide bonds. The Morgan fingerprint density at radius 1 is 0.429 bits per heavy atom. The SMILES string of the molecule is C1=C2CCC3=Cc4ccccc4C3CCC2c2ccccc21.C1=CC(CCC2C=Cc3ccccc32)c2ccccc21. The van der Waals surface area contributed by atoms with Crippen LogP contribution in [-0.2, 0) is 0 Å². The summed E-state index contributed by atoms with van der Waals surface area (Å²) >= 11 is 0. The number of benzene rings is 4. The monoisotopic (exact) mass is 542 g/mol. The normalized spacial score (nSPS) is 23.6. The van der Waals surface area contributed by atoms with Crippen LogP contribution in [-0.4, -0.2) is 0 Å². The Kier molecular flexibility index (Phi) is 6.64. The van der Waals surface area contributed by atoms with Gasteiger partial charge in [0.1, 0.15) is 0 Å². The third-order valence-corrected chi connectivity index (χ3v) is 10.4. The van der Waals surface area contributed by atoms with Crippen molar-refractivity contribution in [2.45, 2.75) is 62.2 Å². The molecule has 206 valence electrons. The fourth-order valence-corrected chi connectivity index (χ4v) is 8.23. The van der Waals surface area contributed by atoms with E-state index in [4.69, 9.17) is 0 Å². The van der Waals surface area contributed by atoms with Gasteiger partial charge in [-0.1, -0.05) is 145 Å². The van der Waals surface area contributed by atoms with Crippen molar-refractivity contribution in [2.75, 3.05) is 0 Å². The number of allylic oxidation sites excluding steroid dienone is 4. The van der Waals surface area contributed by atoms with E-state index in [0.717, 1.165) is 0 Å². The van der Waals surface area contributed by atoms with Crippen molar-refractivity contribution in [1.29, 1.82) is 0 Å². The minimum atomic E-state index is 0.604. The van der Waals surface area contributed by atoms with Gasteiger partial charge in [-0.15, -0.1) is 0 Å². The van der Waals surface area contributed by atoms with Gasteiger partial charge in [-0.2, -0.15) is 0 Å². The summed E-state index contributed by atoms with van der Waals surface area (Å²) in [4.78, 5) is 0. The van der Waals surface area contributed by atoms with Crippen LogP contribution in [0.3, 0.4) is 0 Å². The third-order valence-electron chi connectivity index (χ3n) is 10.4. The van der Waals surface area contributed by atoms with Crippen molar-refractivity contribution >= 4 is 24.3 Å². The zero-order valence-electron chi connectivity index (χ0n) is 24.3. The van der Waals surface area contributed by atoms with Gasteiger partial charge in [-0.3, -0.25) is 0 Å². The van der Waals surface area contributed by atoms with E-state index in [1.54, 1.807) is 22.3 Å². The van der Waals surface area contributed by atoms with E-state index in [1.807, 2.05) is 0 Å². The molecule has 4 aromatic carbocycles. The molecule has 0 aromatic heterocycles. The molecule has 4 atom stereocenters. The number of fused-ring (bicyclic) bond motifs is 8. The fourth-order valence-electron chi connectivity index (χ4n) is 8.23. The van der Waals surface area contributed by atoms with Gasteiger partial charge in [0.15, 0.2) is 0 Å². The first-order chi connectivity index (χ1) is 20.8. The topological polar surface area (TPSA) is 0 Å². The van der Waals surface area contributed by atoms with E-state index in [2.05, 4.69) is 134 Å². The van der Waals surface area contributed by atoms with Crippen molar-refractivity contribution < 1.29 is 0 Å². The van der Waals surface area contributed by atoms with Gasteiger partial charge in [0.2, 0.25) is 0 Å². The number of rotatable bonds is 3. The summed E-state index contributed by atoms with van der Waals surface area (Å²) in [6, 6.07) is 35.5. The maximum Gasteiger partial charge on any atom is 0.00578 e. The maximum atomic E-state index is 2.46. The predicted molar refractivity (Wildman–Crippen MR) is 178 cm³/mol. The van der Waals surface area contributed by atoms with Gasteiger partial charge in [-0.05, 0) is 83.0 Å². The van der Waals surface area contributed by atoms with Crippen LogP contribution in [0, 0.1) is 0 Å². The highest BCUT2D eigenvalue weighted by atomic mass is 14.4. The van der Waals surface area contributed by atoms with E-state index < -0.39 is 0 Å². The second-order valence-corrected chi connectivity index (χ2v) is 12.6. The average Bonchev–Trinajstić information content (AvgIpc) is 3.80. The van der Waals surface area contributed by atoms with Gasteiger partial charge in [0.25, 0.3) is 0 Å². The molecule has 0 heteroatoms. The summed E-state index contributed by atoms with van der Waals surface area (Å²) in [5.74, 6) is 2.55. The standard InChI is InChI=1S/C22H20.C20H18/c1-3-7-19-15(5-1)13-17-9-10-18-14-16-6-2-4-8-20(16)22(18)12-11-21(17)19;1-3-7-19-15(5-1)9-11-17(19)13-14-18-12-10-16-6-2-4-8-20(16)18/h1-8,13-14,21-22H,9-12H2;1-12,17-18H,13-14H2. The smallest absolute Gasteiger partial charge is 0.00578 e. The zero-order chi connectivity index (χ0) is 27.9. The predicted octanol–water partition coefficient (Wildman–Crippen LogP) is 11.3. The van der Waals surface area contributed by atoms with Gasteiger partial charge >= 0.3 is 0 Å².